The second-order valence-electron chi connectivity index (χ2n) is 3.55. The molecular weight excluding hydrogens is 202 g/mol. The molecule has 0 aliphatic carbocycles. The van der Waals surface area contributed by atoms with Crippen LogP contribution in [-0.2, 0) is 4.79 Å². The minimum absolute atomic E-state index is 0.0359. The molecular formula is C12H19N3O. The van der Waals surface area contributed by atoms with Crippen LogP contribution in [0.15, 0.2) is 30.3 Å². The number of piperazine rings is 1. The first kappa shape index (κ1) is 12.7. The predicted octanol–water partition coefficient (Wildman–Crippen LogP) is 0.824. The van der Waals surface area contributed by atoms with E-state index < -0.39 is 0 Å². The molecule has 0 atom stereocenters. The normalized spacial score (nSPS) is 14.6. The van der Waals surface area contributed by atoms with Crippen LogP contribution < -0.4 is 16.0 Å². The molecule has 16 heavy (non-hydrogen) atoms. The van der Waals surface area contributed by atoms with Gasteiger partial charge in [0, 0.05) is 38.8 Å². The van der Waals surface area contributed by atoms with Crippen molar-refractivity contribution >= 4 is 11.6 Å². The van der Waals surface area contributed by atoms with E-state index in [2.05, 4.69) is 16.0 Å². The summed E-state index contributed by atoms with van der Waals surface area (Å²) < 4.78 is 0. The van der Waals surface area contributed by atoms with E-state index in [4.69, 9.17) is 0 Å². The van der Waals surface area contributed by atoms with E-state index in [1.165, 1.54) is 6.92 Å². The highest BCUT2D eigenvalue weighted by Crippen LogP contribution is 2.03. The van der Waals surface area contributed by atoms with Gasteiger partial charge in [0.25, 0.3) is 0 Å². The fourth-order valence-electron chi connectivity index (χ4n) is 1.33. The van der Waals surface area contributed by atoms with Crippen LogP contribution in [-0.4, -0.2) is 32.1 Å². The standard InChI is InChI=1S/C8H9NO.C4H10N2/c1-7(10)9-8-5-3-2-4-6-8;1-2-6-4-3-5-1/h2-6H,1H3,(H,9,10);5-6H,1-4H2. The van der Waals surface area contributed by atoms with E-state index in [9.17, 15) is 4.79 Å². The molecule has 4 heteroatoms. The number of carbonyl (C=O) groups excluding carboxylic acids is 1. The van der Waals surface area contributed by atoms with Gasteiger partial charge < -0.3 is 16.0 Å². The van der Waals surface area contributed by atoms with Crippen LogP contribution in [0, 0.1) is 0 Å². The van der Waals surface area contributed by atoms with E-state index >= 15 is 0 Å². The van der Waals surface area contributed by atoms with Crippen molar-refractivity contribution in [1.82, 2.24) is 10.6 Å². The third-order valence-electron chi connectivity index (χ3n) is 2.05. The van der Waals surface area contributed by atoms with Gasteiger partial charge >= 0.3 is 0 Å². The molecule has 1 aromatic rings. The average molecular weight is 221 g/mol. The highest BCUT2D eigenvalue weighted by Gasteiger charge is 1.91. The van der Waals surface area contributed by atoms with Crippen LogP contribution in [0.5, 0.6) is 0 Å². The Morgan fingerprint density at radius 2 is 1.56 bits per heavy atom. The summed E-state index contributed by atoms with van der Waals surface area (Å²) in [7, 11) is 0. The number of para-hydroxylation sites is 1. The fourth-order valence-corrected chi connectivity index (χ4v) is 1.33. The molecule has 0 spiro atoms. The van der Waals surface area contributed by atoms with Crippen molar-refractivity contribution in [2.45, 2.75) is 6.92 Å². The second-order valence-corrected chi connectivity index (χ2v) is 3.55. The third kappa shape index (κ3) is 6.16. The zero-order valence-corrected chi connectivity index (χ0v) is 9.62. The number of hydrogen-bond acceptors (Lipinski definition) is 3. The summed E-state index contributed by atoms with van der Waals surface area (Å²) >= 11 is 0. The summed E-state index contributed by atoms with van der Waals surface area (Å²) in [6.07, 6.45) is 0. The highest BCUT2D eigenvalue weighted by molar-refractivity contribution is 5.88. The molecule has 1 aromatic carbocycles. The van der Waals surface area contributed by atoms with E-state index in [-0.39, 0.29) is 5.91 Å². The minimum Gasteiger partial charge on any atom is -0.326 e. The van der Waals surface area contributed by atoms with E-state index in [0.717, 1.165) is 31.9 Å². The number of benzene rings is 1. The average Bonchev–Trinajstić information content (AvgIpc) is 2.32. The summed E-state index contributed by atoms with van der Waals surface area (Å²) in [4.78, 5) is 10.5. The first-order chi connectivity index (χ1) is 7.79. The van der Waals surface area contributed by atoms with Crippen LogP contribution in [0.3, 0.4) is 0 Å². The quantitative estimate of drug-likeness (QED) is 0.658. The molecule has 1 amide bonds. The Morgan fingerprint density at radius 1 is 1.06 bits per heavy atom. The first-order valence-corrected chi connectivity index (χ1v) is 5.53. The molecule has 1 heterocycles. The van der Waals surface area contributed by atoms with Crippen molar-refractivity contribution in [2.24, 2.45) is 0 Å². The fraction of sp³-hybridized carbons (Fsp3) is 0.417. The number of amides is 1. The molecule has 1 fully saturated rings. The third-order valence-corrected chi connectivity index (χ3v) is 2.05. The molecule has 4 nitrogen and oxygen atoms in total. The van der Waals surface area contributed by atoms with Crippen LogP contribution in [0.2, 0.25) is 0 Å². The molecule has 1 aliphatic heterocycles. The van der Waals surface area contributed by atoms with Crippen molar-refractivity contribution < 1.29 is 4.79 Å². The molecule has 0 saturated carbocycles. The lowest BCUT2D eigenvalue weighted by molar-refractivity contribution is -0.114. The second kappa shape index (κ2) is 7.84. The van der Waals surface area contributed by atoms with Gasteiger partial charge in [0.15, 0.2) is 0 Å². The Bertz CT molecular complexity index is 285. The molecule has 0 radical (unpaired) electrons. The van der Waals surface area contributed by atoms with Crippen molar-refractivity contribution in [2.75, 3.05) is 31.5 Å². The van der Waals surface area contributed by atoms with Crippen LogP contribution in [0.4, 0.5) is 5.69 Å². The number of nitrogens with one attached hydrogen (secondary N) is 3. The van der Waals surface area contributed by atoms with Gasteiger partial charge in [-0.2, -0.15) is 0 Å². The number of hydrogen-bond donors (Lipinski definition) is 3. The van der Waals surface area contributed by atoms with Gasteiger partial charge in [-0.05, 0) is 12.1 Å². The van der Waals surface area contributed by atoms with Gasteiger partial charge in [0.05, 0.1) is 0 Å². The van der Waals surface area contributed by atoms with Crippen molar-refractivity contribution in [1.29, 1.82) is 0 Å². The lowest BCUT2D eigenvalue weighted by atomic mass is 10.3. The summed E-state index contributed by atoms with van der Waals surface area (Å²) in [5.41, 5.74) is 0.843. The molecule has 2 rings (SSSR count). The molecule has 1 saturated heterocycles. The topological polar surface area (TPSA) is 53.2 Å². The highest BCUT2D eigenvalue weighted by atomic mass is 16.1. The number of rotatable bonds is 1. The largest absolute Gasteiger partial charge is 0.326 e. The predicted molar refractivity (Wildman–Crippen MR) is 66.5 cm³/mol. The number of carbonyl (C=O) groups is 1. The molecule has 0 bridgehead atoms. The zero-order valence-electron chi connectivity index (χ0n) is 9.62. The monoisotopic (exact) mass is 221 g/mol. The van der Waals surface area contributed by atoms with Crippen LogP contribution in [0.25, 0.3) is 0 Å². The first-order valence-electron chi connectivity index (χ1n) is 5.53. The lowest BCUT2D eigenvalue weighted by Gasteiger charge is -2.11. The van der Waals surface area contributed by atoms with Gasteiger partial charge in [-0.25, -0.2) is 0 Å². The lowest BCUT2D eigenvalue weighted by Crippen LogP contribution is -2.39. The maximum absolute atomic E-state index is 10.5. The Morgan fingerprint density at radius 3 is 1.94 bits per heavy atom. The summed E-state index contributed by atoms with van der Waals surface area (Å²) in [6, 6.07) is 9.37. The van der Waals surface area contributed by atoms with Crippen LogP contribution >= 0.6 is 0 Å². The SMILES string of the molecule is C1CNCCN1.CC(=O)Nc1ccccc1. The van der Waals surface area contributed by atoms with Crippen molar-refractivity contribution in [3.05, 3.63) is 30.3 Å². The zero-order chi connectivity index (χ0) is 11.6. The van der Waals surface area contributed by atoms with Crippen molar-refractivity contribution in [3.8, 4) is 0 Å². The smallest absolute Gasteiger partial charge is 0.221 e. The molecule has 88 valence electrons. The van der Waals surface area contributed by atoms with Gasteiger partial charge in [0.2, 0.25) is 5.91 Å². The number of anilines is 1. The summed E-state index contributed by atoms with van der Waals surface area (Å²) in [6.45, 7) is 6.05. The van der Waals surface area contributed by atoms with Gasteiger partial charge in [-0.3, -0.25) is 4.79 Å². The van der Waals surface area contributed by atoms with Gasteiger partial charge in [0.1, 0.15) is 0 Å². The Kier molecular flexibility index (Phi) is 6.22. The Hall–Kier alpha value is -1.39. The van der Waals surface area contributed by atoms with E-state index in [1.807, 2.05) is 30.3 Å². The Balaban J connectivity index is 0.000000181. The van der Waals surface area contributed by atoms with E-state index in [1.54, 1.807) is 0 Å². The summed E-state index contributed by atoms with van der Waals surface area (Å²) in [5.74, 6) is -0.0359. The molecule has 0 aromatic heterocycles. The minimum atomic E-state index is -0.0359. The molecule has 3 N–H and O–H groups in total. The van der Waals surface area contributed by atoms with Crippen molar-refractivity contribution in [3.63, 3.8) is 0 Å². The van der Waals surface area contributed by atoms with Gasteiger partial charge in [-0.15, -0.1) is 0 Å². The maximum atomic E-state index is 10.5. The molecule has 0 unspecified atom stereocenters. The summed E-state index contributed by atoms with van der Waals surface area (Å²) in [5, 5.41) is 9.11. The molecule has 1 aliphatic rings. The van der Waals surface area contributed by atoms with Gasteiger partial charge in [-0.1, -0.05) is 18.2 Å². The Labute approximate surface area is 96.4 Å². The van der Waals surface area contributed by atoms with E-state index in [0.29, 0.717) is 0 Å². The van der Waals surface area contributed by atoms with Crippen LogP contribution in [0.1, 0.15) is 6.92 Å². The maximum Gasteiger partial charge on any atom is 0.221 e.